The Bertz CT molecular complexity index is 227. The van der Waals surface area contributed by atoms with Crippen LogP contribution in [-0.2, 0) is 9.47 Å². The second-order valence-electron chi connectivity index (χ2n) is 2.11. The van der Waals surface area contributed by atoms with E-state index in [2.05, 4.69) is 0 Å². The summed E-state index contributed by atoms with van der Waals surface area (Å²) in [6.45, 7) is 0.641. The number of furan rings is 1. The fourth-order valence-electron chi connectivity index (χ4n) is 0.684. The van der Waals surface area contributed by atoms with E-state index < -0.39 is 5.97 Å². The molecule has 12 heavy (non-hydrogen) atoms. The van der Waals surface area contributed by atoms with E-state index in [1.807, 2.05) is 0 Å². The molecule has 0 aliphatic rings. The van der Waals surface area contributed by atoms with Gasteiger partial charge in [-0.05, 0) is 12.1 Å². The molecule has 0 radical (unpaired) electrons. The molecule has 0 aromatic carbocycles. The Balaban J connectivity index is 2.30. The van der Waals surface area contributed by atoms with Gasteiger partial charge in [0.05, 0.1) is 12.9 Å². The summed E-state index contributed by atoms with van der Waals surface area (Å²) in [7, 11) is 1.54. The number of ether oxygens (including phenoxy) is 2. The predicted octanol–water partition coefficient (Wildman–Crippen LogP) is 1.08. The second-order valence-corrected chi connectivity index (χ2v) is 2.11. The molecule has 0 spiro atoms. The highest BCUT2D eigenvalue weighted by atomic mass is 16.6. The zero-order chi connectivity index (χ0) is 8.81. The standard InChI is InChI=1S/C8H10O4/c1-10-5-6-12-8(9)7-3-2-4-11-7/h2-4H,5-6H2,1H3. The molecule has 0 amide bonds. The number of hydrogen-bond acceptors (Lipinski definition) is 4. The van der Waals surface area contributed by atoms with E-state index in [1.165, 1.54) is 6.26 Å². The van der Waals surface area contributed by atoms with Gasteiger partial charge in [0.1, 0.15) is 6.61 Å². The molecule has 0 saturated heterocycles. The largest absolute Gasteiger partial charge is 0.457 e. The van der Waals surface area contributed by atoms with E-state index in [4.69, 9.17) is 13.9 Å². The van der Waals surface area contributed by atoms with E-state index >= 15 is 0 Å². The summed E-state index contributed by atoms with van der Waals surface area (Å²) < 4.78 is 14.3. The third-order valence-electron chi connectivity index (χ3n) is 1.24. The Morgan fingerprint density at radius 3 is 3.00 bits per heavy atom. The summed E-state index contributed by atoms with van der Waals surface area (Å²) in [6, 6.07) is 3.18. The van der Waals surface area contributed by atoms with Crippen molar-refractivity contribution in [2.75, 3.05) is 20.3 Å². The number of carbonyl (C=O) groups excluding carboxylic acids is 1. The quantitative estimate of drug-likeness (QED) is 0.501. The van der Waals surface area contributed by atoms with Crippen LogP contribution in [0.3, 0.4) is 0 Å². The third kappa shape index (κ3) is 2.39. The van der Waals surface area contributed by atoms with Crippen molar-refractivity contribution in [3.8, 4) is 0 Å². The molecule has 1 aromatic heterocycles. The Kier molecular flexibility index (Phi) is 3.35. The van der Waals surface area contributed by atoms with Gasteiger partial charge in [0, 0.05) is 7.11 Å². The topological polar surface area (TPSA) is 48.7 Å². The van der Waals surface area contributed by atoms with E-state index in [0.29, 0.717) is 6.61 Å². The maximum absolute atomic E-state index is 11.0. The van der Waals surface area contributed by atoms with Crippen molar-refractivity contribution in [1.29, 1.82) is 0 Å². The van der Waals surface area contributed by atoms with Crippen LogP contribution in [0.1, 0.15) is 10.6 Å². The minimum absolute atomic E-state index is 0.214. The van der Waals surface area contributed by atoms with Crippen LogP contribution in [-0.4, -0.2) is 26.3 Å². The molecule has 66 valence electrons. The van der Waals surface area contributed by atoms with Gasteiger partial charge in [0.2, 0.25) is 5.76 Å². The van der Waals surface area contributed by atoms with Crippen molar-refractivity contribution in [3.63, 3.8) is 0 Å². The third-order valence-corrected chi connectivity index (χ3v) is 1.24. The van der Waals surface area contributed by atoms with Crippen molar-refractivity contribution < 1.29 is 18.7 Å². The molecule has 0 bridgehead atoms. The number of carbonyl (C=O) groups is 1. The fraction of sp³-hybridized carbons (Fsp3) is 0.375. The maximum atomic E-state index is 11.0. The lowest BCUT2D eigenvalue weighted by Crippen LogP contribution is -2.08. The Morgan fingerprint density at radius 2 is 2.42 bits per heavy atom. The van der Waals surface area contributed by atoms with E-state index in [9.17, 15) is 4.79 Å². The SMILES string of the molecule is COCCOC(=O)c1ccco1. The summed E-state index contributed by atoms with van der Waals surface area (Å²) in [6.07, 6.45) is 1.42. The van der Waals surface area contributed by atoms with Crippen molar-refractivity contribution >= 4 is 5.97 Å². The van der Waals surface area contributed by atoms with Gasteiger partial charge in [-0.15, -0.1) is 0 Å². The number of esters is 1. The zero-order valence-electron chi connectivity index (χ0n) is 6.78. The lowest BCUT2D eigenvalue weighted by Gasteiger charge is -2.00. The molecule has 0 fully saturated rings. The molecule has 1 rings (SSSR count). The maximum Gasteiger partial charge on any atom is 0.374 e. The highest BCUT2D eigenvalue weighted by Gasteiger charge is 2.08. The van der Waals surface area contributed by atoms with Crippen LogP contribution in [0.15, 0.2) is 22.8 Å². The van der Waals surface area contributed by atoms with Crippen molar-refractivity contribution in [1.82, 2.24) is 0 Å². The Labute approximate surface area is 70.1 Å². The van der Waals surface area contributed by atoms with Crippen LogP contribution >= 0.6 is 0 Å². The van der Waals surface area contributed by atoms with Crippen LogP contribution < -0.4 is 0 Å². The van der Waals surface area contributed by atoms with E-state index in [0.717, 1.165) is 0 Å². The van der Waals surface area contributed by atoms with Crippen LogP contribution in [0, 0.1) is 0 Å². The highest BCUT2D eigenvalue weighted by Crippen LogP contribution is 2.01. The van der Waals surface area contributed by atoms with Gasteiger partial charge in [-0.25, -0.2) is 4.79 Å². The van der Waals surface area contributed by atoms with Crippen LogP contribution in [0.4, 0.5) is 0 Å². The van der Waals surface area contributed by atoms with Gasteiger partial charge in [-0.2, -0.15) is 0 Å². The van der Waals surface area contributed by atoms with Crippen molar-refractivity contribution in [2.45, 2.75) is 0 Å². The van der Waals surface area contributed by atoms with Crippen molar-refractivity contribution in [3.05, 3.63) is 24.2 Å². The van der Waals surface area contributed by atoms with Gasteiger partial charge in [-0.1, -0.05) is 0 Å². The first-order valence-corrected chi connectivity index (χ1v) is 3.54. The zero-order valence-corrected chi connectivity index (χ0v) is 6.78. The molecule has 0 unspecified atom stereocenters. The lowest BCUT2D eigenvalue weighted by molar-refractivity contribution is 0.0355. The smallest absolute Gasteiger partial charge is 0.374 e. The average molecular weight is 170 g/mol. The predicted molar refractivity (Wildman–Crippen MR) is 40.9 cm³/mol. The van der Waals surface area contributed by atoms with E-state index in [-0.39, 0.29) is 12.4 Å². The summed E-state index contributed by atoms with van der Waals surface area (Å²) in [5, 5.41) is 0. The van der Waals surface area contributed by atoms with Crippen LogP contribution in [0.25, 0.3) is 0 Å². The van der Waals surface area contributed by atoms with Crippen molar-refractivity contribution in [2.24, 2.45) is 0 Å². The second kappa shape index (κ2) is 4.56. The van der Waals surface area contributed by atoms with Gasteiger partial charge < -0.3 is 13.9 Å². The molecule has 0 atom stereocenters. The average Bonchev–Trinajstić information content (AvgIpc) is 2.56. The molecular formula is C8H10O4. The fourth-order valence-corrected chi connectivity index (χ4v) is 0.684. The monoisotopic (exact) mass is 170 g/mol. The summed E-state index contributed by atoms with van der Waals surface area (Å²) in [5.74, 6) is -0.247. The Hall–Kier alpha value is -1.29. The van der Waals surface area contributed by atoms with Crippen LogP contribution in [0.5, 0.6) is 0 Å². The normalized spacial score (nSPS) is 9.75. The first kappa shape index (κ1) is 8.80. The van der Waals surface area contributed by atoms with Gasteiger partial charge >= 0.3 is 5.97 Å². The number of methoxy groups -OCH3 is 1. The first-order valence-electron chi connectivity index (χ1n) is 3.54. The molecule has 0 aliphatic carbocycles. The van der Waals surface area contributed by atoms with Gasteiger partial charge in [0.25, 0.3) is 0 Å². The van der Waals surface area contributed by atoms with Crippen LogP contribution in [0.2, 0.25) is 0 Å². The number of hydrogen-bond donors (Lipinski definition) is 0. The minimum Gasteiger partial charge on any atom is -0.457 e. The molecule has 0 N–H and O–H groups in total. The van der Waals surface area contributed by atoms with Gasteiger partial charge in [-0.3, -0.25) is 0 Å². The van der Waals surface area contributed by atoms with E-state index in [1.54, 1.807) is 19.2 Å². The summed E-state index contributed by atoms with van der Waals surface area (Å²) in [5.41, 5.74) is 0. The molecule has 4 heteroatoms. The summed E-state index contributed by atoms with van der Waals surface area (Å²) in [4.78, 5) is 11.0. The Morgan fingerprint density at radius 1 is 1.58 bits per heavy atom. The minimum atomic E-state index is -0.461. The lowest BCUT2D eigenvalue weighted by atomic mass is 10.5. The van der Waals surface area contributed by atoms with Gasteiger partial charge in [0.15, 0.2) is 0 Å². The molecule has 0 saturated carbocycles. The number of rotatable bonds is 4. The molecule has 0 aliphatic heterocycles. The molecule has 1 aromatic rings. The molecule has 1 heterocycles. The summed E-state index contributed by atoms with van der Waals surface area (Å²) >= 11 is 0. The molecular weight excluding hydrogens is 160 g/mol. The first-order chi connectivity index (χ1) is 5.84. The molecule has 4 nitrogen and oxygen atoms in total. The highest BCUT2D eigenvalue weighted by molar-refractivity contribution is 5.86.